The van der Waals surface area contributed by atoms with Gasteiger partial charge in [-0.15, -0.1) is 0 Å². The number of nitrogens with one attached hydrogen (secondary N) is 1. The van der Waals surface area contributed by atoms with Gasteiger partial charge in [-0.1, -0.05) is 18.2 Å². The minimum absolute atomic E-state index is 0.0848. The molecule has 1 aliphatic heterocycles. The molecule has 31 heavy (non-hydrogen) atoms. The molecule has 2 aromatic carbocycles. The van der Waals surface area contributed by atoms with E-state index in [1.807, 2.05) is 55.3 Å². The van der Waals surface area contributed by atoms with E-state index in [9.17, 15) is 9.59 Å². The Bertz CT molecular complexity index is 962. The normalized spacial score (nSPS) is 15.7. The van der Waals surface area contributed by atoms with E-state index < -0.39 is 0 Å². The molecule has 8 nitrogen and oxygen atoms in total. The van der Waals surface area contributed by atoms with Crippen molar-refractivity contribution >= 4 is 23.2 Å². The molecule has 0 fully saturated rings. The van der Waals surface area contributed by atoms with Gasteiger partial charge in [0.25, 0.3) is 0 Å². The quantitative estimate of drug-likeness (QED) is 0.732. The molecule has 8 heteroatoms. The second-order valence-electron chi connectivity index (χ2n) is 7.55. The highest BCUT2D eigenvalue weighted by molar-refractivity contribution is 6.04. The third-order valence-corrected chi connectivity index (χ3v) is 5.26. The van der Waals surface area contributed by atoms with Crippen LogP contribution in [0.3, 0.4) is 0 Å². The van der Waals surface area contributed by atoms with E-state index in [2.05, 4.69) is 5.32 Å². The summed E-state index contributed by atoms with van der Waals surface area (Å²) in [5.74, 6) is 1.48. The number of methoxy groups -OCH3 is 3. The summed E-state index contributed by atoms with van der Waals surface area (Å²) < 4.78 is 16.3. The average molecular weight is 428 g/mol. The number of hydrogen-bond donors (Lipinski definition) is 1. The summed E-state index contributed by atoms with van der Waals surface area (Å²) in [7, 11) is 6.57. The predicted molar refractivity (Wildman–Crippen MR) is 119 cm³/mol. The summed E-state index contributed by atoms with van der Waals surface area (Å²) in [5.41, 5.74) is 2.23. The van der Waals surface area contributed by atoms with E-state index in [4.69, 9.17) is 14.2 Å². The van der Waals surface area contributed by atoms with E-state index >= 15 is 0 Å². The highest BCUT2D eigenvalue weighted by Crippen LogP contribution is 2.40. The van der Waals surface area contributed by atoms with Crippen LogP contribution in [0.2, 0.25) is 0 Å². The minimum Gasteiger partial charge on any atom is -0.493 e. The molecular weight excluding hydrogens is 398 g/mol. The lowest BCUT2D eigenvalue weighted by Gasteiger charge is -2.30. The van der Waals surface area contributed by atoms with Crippen LogP contribution in [0.25, 0.3) is 0 Å². The zero-order valence-electron chi connectivity index (χ0n) is 18.6. The number of ether oxygens (including phenoxy) is 3. The highest BCUT2D eigenvalue weighted by Gasteiger charge is 2.30. The van der Waals surface area contributed by atoms with Crippen LogP contribution in [0, 0.1) is 0 Å². The summed E-state index contributed by atoms with van der Waals surface area (Å²) in [6, 6.07) is 10.8. The summed E-state index contributed by atoms with van der Waals surface area (Å²) in [6.07, 6.45) is 0.244. The highest BCUT2D eigenvalue weighted by atomic mass is 16.5. The molecule has 3 rings (SSSR count). The Hall–Kier alpha value is -3.26. The Morgan fingerprint density at radius 2 is 1.81 bits per heavy atom. The maximum atomic E-state index is 13.3. The van der Waals surface area contributed by atoms with Gasteiger partial charge in [0.1, 0.15) is 0 Å². The van der Waals surface area contributed by atoms with Crippen molar-refractivity contribution in [3.63, 3.8) is 0 Å². The first kappa shape index (κ1) is 22.4. The van der Waals surface area contributed by atoms with Gasteiger partial charge in [-0.3, -0.25) is 14.5 Å². The third kappa shape index (κ3) is 4.74. The van der Waals surface area contributed by atoms with Gasteiger partial charge in [0.15, 0.2) is 11.5 Å². The molecule has 1 N–H and O–H groups in total. The second kappa shape index (κ2) is 9.70. The first-order valence-electron chi connectivity index (χ1n) is 10.1. The topological polar surface area (TPSA) is 80.3 Å². The number of fused-ring (bicyclic) bond motifs is 1. The van der Waals surface area contributed by atoms with E-state index in [0.717, 1.165) is 5.56 Å². The molecule has 0 bridgehead atoms. The number of hydrogen-bond acceptors (Lipinski definition) is 6. The molecule has 1 unspecified atom stereocenters. The summed E-state index contributed by atoms with van der Waals surface area (Å²) >= 11 is 0. The molecule has 0 aliphatic carbocycles. The first-order valence-corrected chi connectivity index (χ1v) is 10.1. The Morgan fingerprint density at radius 1 is 1.10 bits per heavy atom. The van der Waals surface area contributed by atoms with Gasteiger partial charge in [0, 0.05) is 24.6 Å². The van der Waals surface area contributed by atoms with Gasteiger partial charge in [-0.2, -0.15) is 0 Å². The molecule has 1 heterocycles. The largest absolute Gasteiger partial charge is 0.493 e. The van der Waals surface area contributed by atoms with Crippen molar-refractivity contribution in [3.8, 4) is 17.2 Å². The molecule has 1 atom stereocenters. The lowest BCUT2D eigenvalue weighted by atomic mass is 10.1. The van der Waals surface area contributed by atoms with Crippen molar-refractivity contribution in [1.82, 2.24) is 4.90 Å². The van der Waals surface area contributed by atoms with E-state index in [-0.39, 0.29) is 30.8 Å². The van der Waals surface area contributed by atoms with Crippen LogP contribution >= 0.6 is 0 Å². The SMILES string of the molecule is COc1ccc(CN(C)CC(=O)N2c3ccccc3NC(=O)CC2C)c(OC)c1OC. The Kier molecular flexibility index (Phi) is 7.02. The van der Waals surface area contributed by atoms with Crippen LogP contribution in [-0.4, -0.2) is 57.7 Å². The number of carbonyl (C=O) groups excluding carboxylic acids is 2. The van der Waals surface area contributed by atoms with Gasteiger partial charge in [-0.05, 0) is 32.2 Å². The molecule has 1 aliphatic rings. The van der Waals surface area contributed by atoms with Crippen LogP contribution in [0.1, 0.15) is 18.9 Å². The molecule has 0 saturated carbocycles. The molecule has 0 radical (unpaired) electrons. The number of carbonyl (C=O) groups is 2. The lowest BCUT2D eigenvalue weighted by molar-refractivity contribution is -0.120. The number of nitrogens with zero attached hydrogens (tertiary/aromatic N) is 2. The Balaban J connectivity index is 1.80. The van der Waals surface area contributed by atoms with Crippen molar-refractivity contribution in [2.24, 2.45) is 0 Å². The Labute approximate surface area is 182 Å². The van der Waals surface area contributed by atoms with Gasteiger partial charge in [0.2, 0.25) is 17.6 Å². The lowest BCUT2D eigenvalue weighted by Crippen LogP contribution is -2.44. The van der Waals surface area contributed by atoms with Gasteiger partial charge < -0.3 is 24.4 Å². The predicted octanol–water partition coefficient (Wildman–Crippen LogP) is 2.91. The van der Waals surface area contributed by atoms with Crippen LogP contribution in [0.15, 0.2) is 36.4 Å². The number of benzene rings is 2. The van der Waals surface area contributed by atoms with Crippen LogP contribution in [0.5, 0.6) is 17.2 Å². The smallest absolute Gasteiger partial charge is 0.241 e. The van der Waals surface area contributed by atoms with Crippen molar-refractivity contribution in [2.45, 2.75) is 25.9 Å². The summed E-state index contributed by atoms with van der Waals surface area (Å²) in [4.78, 5) is 29.1. The van der Waals surface area contributed by atoms with Gasteiger partial charge in [0.05, 0.1) is 39.2 Å². The van der Waals surface area contributed by atoms with Crippen LogP contribution < -0.4 is 24.4 Å². The van der Waals surface area contributed by atoms with Gasteiger partial charge in [-0.25, -0.2) is 0 Å². The standard InChI is InChI=1S/C23H29N3O5/c1-15-12-20(27)24-17-8-6-7-9-18(17)26(15)21(28)14-25(2)13-16-10-11-19(29-3)23(31-5)22(16)30-4/h6-11,15H,12-14H2,1-5H3,(H,24,27). The number of para-hydroxylation sites is 2. The maximum Gasteiger partial charge on any atom is 0.241 e. The average Bonchev–Trinajstić information content (AvgIpc) is 2.87. The molecule has 0 saturated heterocycles. The van der Waals surface area contributed by atoms with Crippen molar-refractivity contribution in [2.75, 3.05) is 45.1 Å². The zero-order chi connectivity index (χ0) is 22.5. The molecule has 0 spiro atoms. The van der Waals surface area contributed by atoms with E-state index in [0.29, 0.717) is 35.2 Å². The van der Waals surface area contributed by atoms with Crippen molar-refractivity contribution in [3.05, 3.63) is 42.0 Å². The van der Waals surface area contributed by atoms with E-state index in [1.165, 1.54) is 0 Å². The maximum absolute atomic E-state index is 13.3. The Morgan fingerprint density at radius 3 is 2.48 bits per heavy atom. The van der Waals surface area contributed by atoms with Crippen molar-refractivity contribution < 1.29 is 23.8 Å². The number of likely N-dealkylation sites (N-methyl/N-ethyl adjacent to an activating group) is 1. The summed E-state index contributed by atoms with van der Waals surface area (Å²) in [5, 5.41) is 2.88. The number of rotatable bonds is 7. The molecule has 166 valence electrons. The third-order valence-electron chi connectivity index (χ3n) is 5.26. The van der Waals surface area contributed by atoms with Gasteiger partial charge >= 0.3 is 0 Å². The minimum atomic E-state index is -0.250. The second-order valence-corrected chi connectivity index (χ2v) is 7.55. The van der Waals surface area contributed by atoms with Crippen LogP contribution in [-0.2, 0) is 16.1 Å². The molecule has 2 aromatic rings. The zero-order valence-corrected chi connectivity index (χ0v) is 18.6. The number of anilines is 2. The molecule has 2 amide bonds. The molecule has 0 aromatic heterocycles. The van der Waals surface area contributed by atoms with E-state index in [1.54, 1.807) is 26.2 Å². The number of amides is 2. The molecular formula is C23H29N3O5. The summed E-state index contributed by atoms with van der Waals surface area (Å²) in [6.45, 7) is 2.53. The fourth-order valence-corrected chi connectivity index (χ4v) is 3.91. The van der Waals surface area contributed by atoms with Crippen molar-refractivity contribution in [1.29, 1.82) is 0 Å². The van der Waals surface area contributed by atoms with Crippen LogP contribution in [0.4, 0.5) is 11.4 Å². The monoisotopic (exact) mass is 427 g/mol. The fraction of sp³-hybridized carbons (Fsp3) is 0.391. The first-order chi connectivity index (χ1) is 14.9. The fourth-order valence-electron chi connectivity index (χ4n) is 3.91.